The lowest BCUT2D eigenvalue weighted by Gasteiger charge is -2.70. The maximum atomic E-state index is 14.7. The fourth-order valence-corrected chi connectivity index (χ4v) is 12.5. The van der Waals surface area contributed by atoms with Crippen molar-refractivity contribution in [2.75, 3.05) is 13.7 Å². The van der Waals surface area contributed by atoms with Crippen LogP contribution in [0.25, 0.3) is 0 Å². The van der Waals surface area contributed by atoms with Crippen LogP contribution in [0.5, 0.6) is 0 Å². The van der Waals surface area contributed by atoms with Gasteiger partial charge in [0.2, 0.25) is 5.91 Å². The zero-order valence-corrected chi connectivity index (χ0v) is 29.7. The minimum absolute atomic E-state index is 0.00787. The Balaban J connectivity index is 1.35. The number of rotatable bonds is 3. The molecule has 256 valence electrons. The number of likely N-dealkylation sites (tertiary alicyclic amines) is 1. The standard InChI is InChI=1S/C38H57NO7/c1-22(40)46-29-11-12-36(6)28(33(29,2)3)10-13-38(8)30(36)27(42)19-24-25-20-35(5,15-14-34(25,4)16-17-37(24,38)7)32(44)39-21-23(41)18-26(39)31(43)45-9/h19,23,25-26,28-30,41H,10-18,20-21H2,1-9H3/t23-,25+,26+,28+,29+,30-,34-,35+,36+,37-,38-/m1/s1. The highest BCUT2D eigenvalue weighted by Gasteiger charge is 2.70. The summed E-state index contributed by atoms with van der Waals surface area (Å²) in [5.74, 6) is -0.323. The number of nitrogens with zero attached hydrogens (tertiary/aromatic N) is 1. The Morgan fingerprint density at radius 1 is 0.935 bits per heavy atom. The molecule has 0 aromatic heterocycles. The average molecular weight is 640 g/mol. The summed E-state index contributed by atoms with van der Waals surface area (Å²) in [6, 6.07) is -0.763. The first-order valence-corrected chi connectivity index (χ1v) is 17.8. The molecule has 11 atom stereocenters. The number of esters is 2. The molecule has 0 spiro atoms. The Kier molecular flexibility index (Phi) is 7.79. The third-order valence-corrected chi connectivity index (χ3v) is 15.4. The number of fused-ring (bicyclic) bond motifs is 7. The molecule has 1 aliphatic heterocycles. The number of carbonyl (C=O) groups excluding carboxylic acids is 4. The molecule has 5 fully saturated rings. The molecule has 8 heteroatoms. The van der Waals surface area contributed by atoms with Gasteiger partial charge in [0, 0.05) is 36.6 Å². The van der Waals surface area contributed by atoms with Crippen molar-refractivity contribution in [3.63, 3.8) is 0 Å². The summed E-state index contributed by atoms with van der Waals surface area (Å²) in [5, 5.41) is 10.4. The van der Waals surface area contributed by atoms with E-state index in [0.29, 0.717) is 6.42 Å². The molecule has 8 nitrogen and oxygen atoms in total. The monoisotopic (exact) mass is 639 g/mol. The zero-order chi connectivity index (χ0) is 33.8. The minimum Gasteiger partial charge on any atom is -0.467 e. The number of hydrogen-bond acceptors (Lipinski definition) is 7. The van der Waals surface area contributed by atoms with E-state index in [-0.39, 0.29) is 81.6 Å². The second kappa shape index (κ2) is 10.6. The number of β-amino-alcohol motifs (C(OH)–C–C–N with tert-alkyl or cyclic N) is 1. The van der Waals surface area contributed by atoms with Gasteiger partial charge in [-0.05, 0) is 97.4 Å². The molecule has 6 aliphatic rings. The highest BCUT2D eigenvalue weighted by molar-refractivity contribution is 5.96. The smallest absolute Gasteiger partial charge is 0.328 e. The van der Waals surface area contributed by atoms with Crippen molar-refractivity contribution < 1.29 is 33.8 Å². The molecule has 0 aromatic carbocycles. The van der Waals surface area contributed by atoms with Gasteiger partial charge in [-0.25, -0.2) is 4.79 Å². The van der Waals surface area contributed by atoms with Crippen molar-refractivity contribution in [2.45, 2.75) is 138 Å². The Morgan fingerprint density at radius 2 is 1.61 bits per heavy atom. The number of carbonyl (C=O) groups is 4. The van der Waals surface area contributed by atoms with Crippen LogP contribution in [0.15, 0.2) is 11.6 Å². The van der Waals surface area contributed by atoms with E-state index in [4.69, 9.17) is 9.47 Å². The van der Waals surface area contributed by atoms with Crippen molar-refractivity contribution in [2.24, 2.45) is 50.2 Å². The summed E-state index contributed by atoms with van der Waals surface area (Å²) in [6.07, 6.45) is 9.23. The quantitative estimate of drug-likeness (QED) is 0.376. The fourth-order valence-electron chi connectivity index (χ4n) is 12.5. The van der Waals surface area contributed by atoms with Gasteiger partial charge in [0.25, 0.3) is 0 Å². The highest BCUT2D eigenvalue weighted by Crippen LogP contribution is 2.75. The largest absolute Gasteiger partial charge is 0.467 e. The van der Waals surface area contributed by atoms with Gasteiger partial charge in [0.05, 0.1) is 13.2 Å². The number of ether oxygens (including phenoxy) is 2. The summed E-state index contributed by atoms with van der Waals surface area (Å²) in [4.78, 5) is 55.2. The SMILES string of the molecule is COC(=O)[C@@H]1C[C@@H](O)CN1C(=O)[C@@]1(C)CC[C@]2(C)CC[C@]3(C)C(=CC(=O)[C@@H]4[C@@]5(C)CC[C@H](OC(C)=O)C(C)(C)[C@@H]5CC[C@]43C)[C@@H]2C1. The van der Waals surface area contributed by atoms with Gasteiger partial charge in [-0.15, -0.1) is 0 Å². The van der Waals surface area contributed by atoms with Crippen LogP contribution in [0.1, 0.15) is 120 Å². The maximum Gasteiger partial charge on any atom is 0.328 e. The Labute approximate surface area is 275 Å². The molecule has 46 heavy (non-hydrogen) atoms. The number of methoxy groups -OCH3 is 1. The van der Waals surface area contributed by atoms with Gasteiger partial charge in [-0.2, -0.15) is 0 Å². The van der Waals surface area contributed by atoms with E-state index in [2.05, 4.69) is 41.5 Å². The summed E-state index contributed by atoms with van der Waals surface area (Å²) in [5.41, 5.74) is -0.308. The molecule has 1 saturated heterocycles. The number of amides is 1. The van der Waals surface area contributed by atoms with Crippen LogP contribution >= 0.6 is 0 Å². The zero-order valence-electron chi connectivity index (χ0n) is 29.7. The van der Waals surface area contributed by atoms with E-state index in [1.165, 1.54) is 19.6 Å². The second-order valence-electron chi connectivity index (χ2n) is 18.1. The molecule has 1 heterocycles. The van der Waals surface area contributed by atoms with E-state index in [0.717, 1.165) is 51.4 Å². The van der Waals surface area contributed by atoms with Gasteiger partial charge in [-0.1, -0.05) is 54.0 Å². The molecule has 4 saturated carbocycles. The van der Waals surface area contributed by atoms with Crippen molar-refractivity contribution in [1.82, 2.24) is 4.90 Å². The third-order valence-electron chi connectivity index (χ3n) is 15.4. The average Bonchev–Trinajstić information content (AvgIpc) is 3.37. The van der Waals surface area contributed by atoms with Gasteiger partial charge < -0.3 is 19.5 Å². The van der Waals surface area contributed by atoms with Crippen LogP contribution < -0.4 is 0 Å². The van der Waals surface area contributed by atoms with Gasteiger partial charge >= 0.3 is 11.9 Å². The van der Waals surface area contributed by atoms with Gasteiger partial charge in [-0.3, -0.25) is 14.4 Å². The van der Waals surface area contributed by atoms with Crippen LogP contribution in [0.3, 0.4) is 0 Å². The lowest BCUT2D eigenvalue weighted by Crippen LogP contribution is -2.67. The Morgan fingerprint density at radius 3 is 2.26 bits per heavy atom. The van der Waals surface area contributed by atoms with Crippen LogP contribution in [-0.4, -0.2) is 65.5 Å². The molecule has 0 bridgehead atoms. The van der Waals surface area contributed by atoms with E-state index in [1.54, 1.807) is 4.90 Å². The van der Waals surface area contributed by atoms with E-state index < -0.39 is 23.5 Å². The molecule has 0 radical (unpaired) electrons. The molecule has 0 aromatic rings. The van der Waals surface area contributed by atoms with Crippen LogP contribution in [0.2, 0.25) is 0 Å². The molecular formula is C38H57NO7. The fraction of sp³-hybridized carbons (Fsp3) is 0.842. The summed E-state index contributed by atoms with van der Waals surface area (Å²) < 4.78 is 10.9. The van der Waals surface area contributed by atoms with E-state index >= 15 is 0 Å². The molecule has 6 rings (SSSR count). The number of ketones is 1. The van der Waals surface area contributed by atoms with Crippen molar-refractivity contribution >= 4 is 23.6 Å². The van der Waals surface area contributed by atoms with E-state index in [1.807, 2.05) is 13.0 Å². The Hall–Kier alpha value is -2.22. The first-order chi connectivity index (χ1) is 21.3. The predicted octanol–water partition coefficient (Wildman–Crippen LogP) is 6.03. The molecule has 0 unspecified atom stereocenters. The number of aliphatic hydroxyl groups is 1. The molecular weight excluding hydrogens is 582 g/mol. The summed E-state index contributed by atoms with van der Waals surface area (Å²) in [7, 11) is 1.33. The first kappa shape index (κ1) is 33.7. The topological polar surface area (TPSA) is 110 Å². The normalized spacial score (nSPS) is 47.8. The molecule has 5 aliphatic carbocycles. The van der Waals surface area contributed by atoms with Crippen LogP contribution in [-0.2, 0) is 28.7 Å². The molecule has 1 N–H and O–H groups in total. The summed E-state index contributed by atoms with van der Waals surface area (Å²) >= 11 is 0. The lowest BCUT2D eigenvalue weighted by atomic mass is 9.33. The first-order valence-electron chi connectivity index (χ1n) is 17.8. The number of allylic oxidation sites excluding steroid dienone is 2. The van der Waals surface area contributed by atoms with Gasteiger partial charge in [0.1, 0.15) is 12.1 Å². The highest BCUT2D eigenvalue weighted by atomic mass is 16.5. The van der Waals surface area contributed by atoms with Crippen molar-refractivity contribution in [1.29, 1.82) is 0 Å². The van der Waals surface area contributed by atoms with Crippen LogP contribution in [0.4, 0.5) is 0 Å². The Bertz CT molecular complexity index is 1370. The lowest BCUT2D eigenvalue weighted by molar-refractivity contribution is -0.210. The van der Waals surface area contributed by atoms with E-state index in [9.17, 15) is 24.3 Å². The molecule has 1 amide bonds. The van der Waals surface area contributed by atoms with Crippen LogP contribution in [0, 0.1) is 50.2 Å². The predicted molar refractivity (Wildman–Crippen MR) is 173 cm³/mol. The van der Waals surface area contributed by atoms with Crippen molar-refractivity contribution in [3.8, 4) is 0 Å². The third kappa shape index (κ3) is 4.53. The maximum absolute atomic E-state index is 14.7. The number of hydrogen-bond donors (Lipinski definition) is 1. The van der Waals surface area contributed by atoms with Gasteiger partial charge in [0.15, 0.2) is 5.78 Å². The summed E-state index contributed by atoms with van der Waals surface area (Å²) in [6.45, 7) is 17.6. The second-order valence-corrected chi connectivity index (χ2v) is 18.1. The van der Waals surface area contributed by atoms with Crippen molar-refractivity contribution in [3.05, 3.63) is 11.6 Å². The minimum atomic E-state index is -0.763. The number of aliphatic hydroxyl groups excluding tert-OH is 1.